The fourth-order valence-electron chi connectivity index (χ4n) is 2.45. The Kier molecular flexibility index (Phi) is 3.51. The third kappa shape index (κ3) is 2.79. The van der Waals surface area contributed by atoms with Crippen molar-refractivity contribution in [3.05, 3.63) is 36.9 Å². The fourth-order valence-corrected chi connectivity index (χ4v) is 2.45. The minimum Gasteiger partial charge on any atom is -0.444 e. The topological polar surface area (TPSA) is 47.3 Å². The van der Waals surface area contributed by atoms with E-state index in [9.17, 15) is 0 Å². The van der Waals surface area contributed by atoms with Crippen LogP contribution >= 0.6 is 0 Å². The average molecular weight is 258 g/mol. The molecule has 4 heteroatoms. The van der Waals surface area contributed by atoms with E-state index < -0.39 is 0 Å². The number of anilines is 1. The predicted molar refractivity (Wildman–Crippen MR) is 73.9 cm³/mol. The molecule has 1 saturated heterocycles. The molecule has 0 amide bonds. The summed E-state index contributed by atoms with van der Waals surface area (Å²) in [5.74, 6) is 1.38. The first-order valence-corrected chi connectivity index (χ1v) is 6.66. The number of aromatic nitrogens is 1. The van der Waals surface area contributed by atoms with E-state index in [0.29, 0.717) is 12.0 Å². The molecule has 1 aromatic heterocycles. The van der Waals surface area contributed by atoms with Crippen LogP contribution in [0.25, 0.3) is 11.3 Å². The second kappa shape index (κ2) is 5.45. The molecule has 1 aliphatic rings. The van der Waals surface area contributed by atoms with Crippen LogP contribution in [0.1, 0.15) is 13.3 Å². The van der Waals surface area contributed by atoms with Crippen molar-refractivity contribution in [1.29, 1.82) is 0 Å². The first kappa shape index (κ1) is 12.2. The van der Waals surface area contributed by atoms with Crippen LogP contribution in [0.5, 0.6) is 0 Å². The molecule has 0 spiro atoms. The summed E-state index contributed by atoms with van der Waals surface area (Å²) in [6.07, 6.45) is 4.32. The zero-order valence-corrected chi connectivity index (χ0v) is 11.0. The normalized spacial score (nSPS) is 20.4. The first-order valence-electron chi connectivity index (χ1n) is 6.66. The summed E-state index contributed by atoms with van der Waals surface area (Å²) in [6, 6.07) is 8.62. The lowest BCUT2D eigenvalue weighted by atomic mass is 10.0. The van der Waals surface area contributed by atoms with Crippen LogP contribution in [-0.2, 0) is 4.74 Å². The van der Waals surface area contributed by atoms with Crippen LogP contribution in [-0.4, -0.2) is 24.2 Å². The summed E-state index contributed by atoms with van der Waals surface area (Å²) < 4.78 is 10.8. The lowest BCUT2D eigenvalue weighted by Gasteiger charge is -2.20. The van der Waals surface area contributed by atoms with E-state index in [1.807, 2.05) is 12.1 Å². The van der Waals surface area contributed by atoms with E-state index in [4.69, 9.17) is 9.15 Å². The van der Waals surface area contributed by atoms with E-state index in [-0.39, 0.29) is 0 Å². The van der Waals surface area contributed by atoms with E-state index in [1.54, 1.807) is 6.20 Å². The smallest absolute Gasteiger partial charge is 0.181 e. The summed E-state index contributed by atoms with van der Waals surface area (Å²) in [4.78, 5) is 3.95. The number of nitrogens with one attached hydrogen (secondary N) is 1. The highest BCUT2D eigenvalue weighted by Crippen LogP contribution is 2.24. The maximum absolute atomic E-state index is 5.44. The molecule has 1 fully saturated rings. The van der Waals surface area contributed by atoms with E-state index in [2.05, 4.69) is 29.4 Å². The number of hydrogen-bond donors (Lipinski definition) is 1. The van der Waals surface area contributed by atoms with Gasteiger partial charge in [-0.2, -0.15) is 0 Å². The van der Waals surface area contributed by atoms with Crippen molar-refractivity contribution in [2.75, 3.05) is 18.5 Å². The van der Waals surface area contributed by atoms with Gasteiger partial charge in [-0.15, -0.1) is 0 Å². The predicted octanol–water partition coefficient (Wildman–Crippen LogP) is 3.18. The maximum atomic E-state index is 5.44. The van der Waals surface area contributed by atoms with Gasteiger partial charge in [-0.3, -0.25) is 0 Å². The number of ether oxygens (including phenoxy) is 1. The molecule has 2 aromatic rings. The summed E-state index contributed by atoms with van der Waals surface area (Å²) in [5.41, 5.74) is 2.14. The molecular formula is C15H18N2O2. The Hall–Kier alpha value is -1.81. The van der Waals surface area contributed by atoms with Gasteiger partial charge >= 0.3 is 0 Å². The largest absolute Gasteiger partial charge is 0.444 e. The molecule has 0 bridgehead atoms. The number of hydrogen-bond acceptors (Lipinski definition) is 4. The van der Waals surface area contributed by atoms with Crippen LogP contribution in [0.3, 0.4) is 0 Å². The zero-order chi connectivity index (χ0) is 13.1. The van der Waals surface area contributed by atoms with E-state index in [0.717, 1.165) is 36.6 Å². The summed E-state index contributed by atoms with van der Waals surface area (Å²) in [6.45, 7) is 3.95. The molecule has 19 heavy (non-hydrogen) atoms. The summed E-state index contributed by atoms with van der Waals surface area (Å²) in [7, 11) is 0. The van der Waals surface area contributed by atoms with Gasteiger partial charge in [0, 0.05) is 29.8 Å². The van der Waals surface area contributed by atoms with Gasteiger partial charge in [0.1, 0.15) is 0 Å². The number of oxazole rings is 1. The van der Waals surface area contributed by atoms with E-state index in [1.165, 1.54) is 6.39 Å². The minimum atomic E-state index is 0.410. The first-order chi connectivity index (χ1) is 9.33. The number of nitrogens with zero attached hydrogens (tertiary/aromatic N) is 1. The van der Waals surface area contributed by atoms with Crippen LogP contribution in [0.15, 0.2) is 41.3 Å². The van der Waals surface area contributed by atoms with Gasteiger partial charge in [-0.25, -0.2) is 4.98 Å². The van der Waals surface area contributed by atoms with Gasteiger partial charge < -0.3 is 14.5 Å². The highest BCUT2D eigenvalue weighted by Gasteiger charge is 2.22. The van der Waals surface area contributed by atoms with Crippen LogP contribution < -0.4 is 5.32 Å². The Labute approximate surface area is 112 Å². The lowest BCUT2D eigenvalue weighted by molar-refractivity contribution is 0.183. The van der Waals surface area contributed by atoms with Gasteiger partial charge in [0.05, 0.1) is 12.8 Å². The lowest BCUT2D eigenvalue weighted by Crippen LogP contribution is -2.26. The molecular weight excluding hydrogens is 240 g/mol. The Bertz CT molecular complexity index is 519. The van der Waals surface area contributed by atoms with Crippen LogP contribution in [0.2, 0.25) is 0 Å². The Morgan fingerprint density at radius 3 is 3.11 bits per heavy atom. The molecule has 0 aliphatic carbocycles. The molecule has 1 aliphatic heterocycles. The summed E-state index contributed by atoms with van der Waals surface area (Å²) >= 11 is 0. The van der Waals surface area contributed by atoms with Crippen molar-refractivity contribution in [1.82, 2.24) is 4.98 Å². The minimum absolute atomic E-state index is 0.410. The highest BCUT2D eigenvalue weighted by molar-refractivity contribution is 5.63. The molecule has 100 valence electrons. The molecule has 0 saturated carbocycles. The molecule has 4 nitrogen and oxygen atoms in total. The van der Waals surface area contributed by atoms with Crippen LogP contribution in [0.4, 0.5) is 5.69 Å². The van der Waals surface area contributed by atoms with Crippen molar-refractivity contribution < 1.29 is 9.15 Å². The Morgan fingerprint density at radius 1 is 1.42 bits per heavy atom. The van der Waals surface area contributed by atoms with Crippen molar-refractivity contribution in [2.24, 2.45) is 5.92 Å². The van der Waals surface area contributed by atoms with Crippen molar-refractivity contribution in [2.45, 2.75) is 19.4 Å². The SMILES string of the molecule is CC(Nc1cccc(-c2cnco2)c1)C1CCOC1. The molecule has 2 heterocycles. The van der Waals surface area contributed by atoms with E-state index >= 15 is 0 Å². The maximum Gasteiger partial charge on any atom is 0.181 e. The molecule has 1 N–H and O–H groups in total. The Morgan fingerprint density at radius 2 is 2.37 bits per heavy atom. The molecule has 3 rings (SSSR count). The van der Waals surface area contributed by atoms with Crippen molar-refractivity contribution in [3.8, 4) is 11.3 Å². The van der Waals surface area contributed by atoms with Gasteiger partial charge in [0.25, 0.3) is 0 Å². The van der Waals surface area contributed by atoms with Gasteiger partial charge in [-0.05, 0) is 25.5 Å². The number of benzene rings is 1. The molecule has 0 radical (unpaired) electrons. The Balaban J connectivity index is 1.72. The van der Waals surface area contributed by atoms with Gasteiger partial charge in [-0.1, -0.05) is 12.1 Å². The molecule has 2 atom stereocenters. The average Bonchev–Trinajstić information content (AvgIpc) is 3.13. The second-order valence-corrected chi connectivity index (χ2v) is 5.00. The zero-order valence-electron chi connectivity index (χ0n) is 11.0. The highest BCUT2D eigenvalue weighted by atomic mass is 16.5. The van der Waals surface area contributed by atoms with Crippen molar-refractivity contribution >= 4 is 5.69 Å². The van der Waals surface area contributed by atoms with Gasteiger partial charge in [0.15, 0.2) is 12.2 Å². The summed E-state index contributed by atoms with van der Waals surface area (Å²) in [5, 5.41) is 3.54. The van der Waals surface area contributed by atoms with Gasteiger partial charge in [0.2, 0.25) is 0 Å². The van der Waals surface area contributed by atoms with Crippen LogP contribution in [0, 0.1) is 5.92 Å². The second-order valence-electron chi connectivity index (χ2n) is 5.00. The quantitative estimate of drug-likeness (QED) is 0.915. The fraction of sp³-hybridized carbons (Fsp3) is 0.400. The number of rotatable bonds is 4. The monoisotopic (exact) mass is 258 g/mol. The molecule has 2 unspecified atom stereocenters. The van der Waals surface area contributed by atoms with Crippen molar-refractivity contribution in [3.63, 3.8) is 0 Å². The third-order valence-corrected chi connectivity index (χ3v) is 3.65. The molecule has 1 aromatic carbocycles. The standard InChI is InChI=1S/C15H18N2O2/c1-11(13-5-6-18-9-13)17-14-4-2-3-12(7-14)15-8-16-10-19-15/h2-4,7-8,10-11,13,17H,5-6,9H2,1H3. The third-order valence-electron chi connectivity index (χ3n) is 3.65.